The molecule has 0 radical (unpaired) electrons. The van der Waals surface area contributed by atoms with Crippen LogP contribution >= 0.6 is 23.2 Å². The number of anilines is 3. The Morgan fingerprint density at radius 1 is 1.14 bits per heavy atom. The van der Waals surface area contributed by atoms with Gasteiger partial charge in [0.15, 0.2) is 0 Å². The minimum atomic E-state index is -4.68. The van der Waals surface area contributed by atoms with Gasteiger partial charge in [0.25, 0.3) is 12.3 Å². The van der Waals surface area contributed by atoms with E-state index < -0.39 is 30.8 Å². The van der Waals surface area contributed by atoms with Gasteiger partial charge in [-0.3, -0.25) is 9.59 Å². The number of pyridine rings is 1. The molecule has 2 aromatic heterocycles. The molecule has 9 nitrogen and oxygen atoms in total. The minimum absolute atomic E-state index is 0.0742. The van der Waals surface area contributed by atoms with Gasteiger partial charge in [-0.05, 0) is 36.8 Å². The van der Waals surface area contributed by atoms with Crippen molar-refractivity contribution in [3.63, 3.8) is 0 Å². The van der Waals surface area contributed by atoms with Crippen molar-refractivity contribution in [3.8, 4) is 5.75 Å². The smallest absolute Gasteiger partial charge is 0.433 e. The molecule has 0 saturated heterocycles. The van der Waals surface area contributed by atoms with Crippen LogP contribution in [0.2, 0.25) is 10.0 Å². The van der Waals surface area contributed by atoms with Crippen LogP contribution in [0.1, 0.15) is 28.5 Å². The fraction of sp³-hybridized carbons (Fsp3) is 0.214. The maximum atomic E-state index is 13.1. The van der Waals surface area contributed by atoms with Gasteiger partial charge in [-0.2, -0.15) is 13.2 Å². The van der Waals surface area contributed by atoms with Gasteiger partial charge in [0.1, 0.15) is 18.1 Å². The molecule has 16 heteroatoms. The maximum absolute atomic E-state index is 13.1. The predicted molar refractivity (Wildman–Crippen MR) is 156 cm³/mol. The van der Waals surface area contributed by atoms with Gasteiger partial charge in [0, 0.05) is 25.2 Å². The number of hydrogen-bond acceptors (Lipinski definition) is 6. The molecule has 232 valence electrons. The van der Waals surface area contributed by atoms with Crippen molar-refractivity contribution in [3.05, 3.63) is 81.6 Å². The van der Waals surface area contributed by atoms with Gasteiger partial charge in [0.2, 0.25) is 11.9 Å². The van der Waals surface area contributed by atoms with Gasteiger partial charge in [-0.1, -0.05) is 35.8 Å². The van der Waals surface area contributed by atoms with E-state index in [1.807, 2.05) is 0 Å². The summed E-state index contributed by atoms with van der Waals surface area (Å²) in [4.78, 5) is 32.8. The number of aromatic nitrogens is 3. The van der Waals surface area contributed by atoms with E-state index in [1.54, 1.807) is 26.1 Å². The fourth-order valence-corrected chi connectivity index (χ4v) is 4.43. The number of alkyl halides is 5. The Morgan fingerprint density at radius 2 is 1.86 bits per heavy atom. The Bertz CT molecular complexity index is 1740. The third-order valence-electron chi connectivity index (χ3n) is 6.14. The molecule has 2 amide bonds. The van der Waals surface area contributed by atoms with Gasteiger partial charge in [0.05, 0.1) is 44.2 Å². The van der Waals surface area contributed by atoms with Crippen molar-refractivity contribution >= 4 is 63.4 Å². The molecule has 2 heterocycles. The van der Waals surface area contributed by atoms with Gasteiger partial charge < -0.3 is 25.3 Å². The van der Waals surface area contributed by atoms with Gasteiger partial charge >= 0.3 is 6.18 Å². The number of nitrogens with one attached hydrogen (secondary N) is 3. The van der Waals surface area contributed by atoms with Crippen molar-refractivity contribution < 1.29 is 36.3 Å². The van der Waals surface area contributed by atoms with E-state index in [9.17, 15) is 31.5 Å². The molecule has 0 spiro atoms. The summed E-state index contributed by atoms with van der Waals surface area (Å²) in [5.41, 5.74) is 0.252. The molecule has 0 aliphatic rings. The molecular formula is C28H23Cl2F5N6O3. The van der Waals surface area contributed by atoms with Crippen LogP contribution in [0, 0.1) is 0 Å². The van der Waals surface area contributed by atoms with E-state index in [4.69, 9.17) is 27.9 Å². The highest BCUT2D eigenvalue weighted by atomic mass is 35.5. The number of rotatable bonds is 10. The number of fused-ring (bicyclic) bond motifs is 1. The van der Waals surface area contributed by atoms with Crippen LogP contribution in [0.15, 0.2) is 54.7 Å². The monoisotopic (exact) mass is 656 g/mol. The lowest BCUT2D eigenvalue weighted by Gasteiger charge is -2.14. The SMILES string of the molecule is C=C(C)C(=O)NCc1ccc(Cl)c(Nc2nc3cc(C(=O)Nc4ccc(C(F)(F)F)nc4)c(OCC(F)F)cc3n2C)c1Cl. The first-order valence-electron chi connectivity index (χ1n) is 12.6. The van der Waals surface area contributed by atoms with Gasteiger partial charge in [-0.15, -0.1) is 0 Å². The van der Waals surface area contributed by atoms with E-state index in [0.29, 0.717) is 22.7 Å². The molecule has 0 atom stereocenters. The third-order valence-corrected chi connectivity index (χ3v) is 6.89. The summed E-state index contributed by atoms with van der Waals surface area (Å²) in [6.07, 6.45) is -6.72. The molecule has 44 heavy (non-hydrogen) atoms. The molecule has 0 bridgehead atoms. The van der Waals surface area contributed by atoms with Gasteiger partial charge in [-0.25, -0.2) is 18.7 Å². The predicted octanol–water partition coefficient (Wildman–Crippen LogP) is 7.13. The van der Waals surface area contributed by atoms with Crippen LogP contribution in [0.4, 0.5) is 39.3 Å². The molecular weight excluding hydrogens is 634 g/mol. The highest BCUT2D eigenvalue weighted by molar-refractivity contribution is 6.39. The van der Waals surface area contributed by atoms with E-state index >= 15 is 0 Å². The summed E-state index contributed by atoms with van der Waals surface area (Å²) in [6, 6.07) is 7.48. The minimum Gasteiger partial charge on any atom is -0.487 e. The zero-order valence-corrected chi connectivity index (χ0v) is 24.5. The zero-order chi connectivity index (χ0) is 32.3. The van der Waals surface area contributed by atoms with Crippen LogP contribution < -0.4 is 20.7 Å². The van der Waals surface area contributed by atoms with Crippen molar-refractivity contribution in [1.29, 1.82) is 0 Å². The number of hydrogen-bond donors (Lipinski definition) is 3. The second-order valence-corrected chi connectivity index (χ2v) is 10.2. The summed E-state index contributed by atoms with van der Waals surface area (Å²) in [5.74, 6) is -1.26. The maximum Gasteiger partial charge on any atom is 0.433 e. The lowest BCUT2D eigenvalue weighted by atomic mass is 10.1. The number of amides is 2. The van der Waals surface area contributed by atoms with Crippen LogP contribution in [0.3, 0.4) is 0 Å². The second-order valence-electron chi connectivity index (χ2n) is 9.40. The average molecular weight is 657 g/mol. The quantitative estimate of drug-likeness (QED) is 0.124. The standard InChI is InChI=1S/C28H23Cl2F5N6O3/c1-13(2)25(42)37-10-14-4-6-17(29)24(23(14)30)40-27-39-18-8-16(20(44-12-22(31)32)9-19(18)41(27)3)26(43)38-15-5-7-21(36-11-15)28(33,34)35/h4-9,11,22H,1,10,12H2,2-3H3,(H,37,42)(H,38,43)(H,39,40). The zero-order valence-electron chi connectivity index (χ0n) is 23.0. The highest BCUT2D eigenvalue weighted by Gasteiger charge is 2.32. The number of imidazole rings is 1. The summed E-state index contributed by atoms with van der Waals surface area (Å²) in [6.45, 7) is 4.19. The third kappa shape index (κ3) is 7.37. The number of halogens is 7. The molecule has 0 aliphatic carbocycles. The molecule has 2 aromatic carbocycles. The summed E-state index contributed by atoms with van der Waals surface area (Å²) >= 11 is 13.0. The summed E-state index contributed by atoms with van der Waals surface area (Å²) < 4.78 is 71.3. The Balaban J connectivity index is 1.67. The Hall–Kier alpha value is -4.43. The number of carbonyl (C=O) groups is 2. The Morgan fingerprint density at radius 3 is 2.48 bits per heavy atom. The van der Waals surface area contributed by atoms with Crippen molar-refractivity contribution in [2.75, 3.05) is 17.2 Å². The van der Waals surface area contributed by atoms with Crippen LogP contribution in [-0.4, -0.2) is 39.4 Å². The number of aryl methyl sites for hydroxylation is 1. The molecule has 4 aromatic rings. The fourth-order valence-electron chi connectivity index (χ4n) is 3.90. The largest absolute Gasteiger partial charge is 0.487 e. The number of benzene rings is 2. The molecule has 0 unspecified atom stereocenters. The van der Waals surface area contributed by atoms with Crippen molar-refractivity contribution in [2.45, 2.75) is 26.1 Å². The molecule has 0 fully saturated rings. The van der Waals surface area contributed by atoms with Crippen LogP contribution in [0.25, 0.3) is 11.0 Å². The van der Waals surface area contributed by atoms with Crippen LogP contribution in [0.5, 0.6) is 5.75 Å². The number of carbonyl (C=O) groups excluding carboxylic acids is 2. The normalized spacial score (nSPS) is 11.5. The second kappa shape index (κ2) is 13.1. The molecule has 0 saturated carbocycles. The summed E-state index contributed by atoms with van der Waals surface area (Å²) in [5, 5.41) is 8.50. The molecule has 0 aliphatic heterocycles. The molecule has 3 N–H and O–H groups in total. The Labute approximate surface area is 257 Å². The van der Waals surface area contributed by atoms with E-state index in [2.05, 4.69) is 32.5 Å². The van der Waals surface area contributed by atoms with Crippen molar-refractivity contribution in [1.82, 2.24) is 19.9 Å². The lowest BCUT2D eigenvalue weighted by Crippen LogP contribution is -2.23. The van der Waals surface area contributed by atoms with E-state index in [1.165, 1.54) is 16.7 Å². The topological polar surface area (TPSA) is 110 Å². The lowest BCUT2D eigenvalue weighted by molar-refractivity contribution is -0.141. The number of ether oxygens (including phenoxy) is 1. The van der Waals surface area contributed by atoms with E-state index in [-0.39, 0.29) is 56.6 Å². The van der Waals surface area contributed by atoms with E-state index in [0.717, 1.165) is 12.3 Å². The van der Waals surface area contributed by atoms with Crippen LogP contribution in [-0.2, 0) is 24.6 Å². The first-order chi connectivity index (χ1) is 20.6. The van der Waals surface area contributed by atoms with Crippen molar-refractivity contribution in [2.24, 2.45) is 7.05 Å². The highest BCUT2D eigenvalue weighted by Crippen LogP contribution is 2.37. The Kier molecular flexibility index (Phi) is 9.64. The first-order valence-corrected chi connectivity index (χ1v) is 13.3. The summed E-state index contributed by atoms with van der Waals surface area (Å²) in [7, 11) is 1.60. The first kappa shape index (κ1) is 32.5. The average Bonchev–Trinajstić information content (AvgIpc) is 3.26. The number of nitrogens with zero attached hydrogens (tertiary/aromatic N) is 3. The molecule has 4 rings (SSSR count).